The quantitative estimate of drug-likeness (QED) is 0.759. The Morgan fingerprint density at radius 3 is 2.79 bits per heavy atom. The van der Waals surface area contributed by atoms with E-state index in [1.165, 1.54) is 6.20 Å². The van der Waals surface area contributed by atoms with Crippen molar-refractivity contribution in [3.63, 3.8) is 0 Å². The Labute approximate surface area is 83.4 Å². The van der Waals surface area contributed by atoms with Gasteiger partial charge in [0, 0.05) is 5.92 Å². The lowest BCUT2D eigenvalue weighted by atomic mass is 10.0. The molecular weight excluding hydrogens is 180 g/mol. The molecule has 0 amide bonds. The van der Waals surface area contributed by atoms with Gasteiger partial charge in [-0.2, -0.15) is 0 Å². The molecule has 1 aromatic rings. The van der Waals surface area contributed by atoms with Crippen molar-refractivity contribution in [2.75, 3.05) is 0 Å². The van der Waals surface area contributed by atoms with Crippen molar-refractivity contribution in [1.29, 1.82) is 0 Å². The number of aromatic carboxylic acids is 1. The molecule has 0 fully saturated rings. The number of aromatic nitrogens is 2. The second-order valence-corrected chi connectivity index (χ2v) is 3.38. The minimum atomic E-state index is -0.949. The van der Waals surface area contributed by atoms with Crippen LogP contribution >= 0.6 is 0 Å². The zero-order valence-corrected chi connectivity index (χ0v) is 8.58. The van der Waals surface area contributed by atoms with Gasteiger partial charge < -0.3 is 10.1 Å². The maximum absolute atomic E-state index is 10.6. The summed E-state index contributed by atoms with van der Waals surface area (Å²) in [6.07, 6.45) is 4.50. The van der Waals surface area contributed by atoms with E-state index < -0.39 is 5.97 Å². The first-order valence-electron chi connectivity index (χ1n) is 4.97. The van der Waals surface area contributed by atoms with E-state index in [1.807, 2.05) is 0 Å². The lowest BCUT2D eigenvalue weighted by Gasteiger charge is -2.09. The van der Waals surface area contributed by atoms with Crippen molar-refractivity contribution in [2.24, 2.45) is 0 Å². The van der Waals surface area contributed by atoms with Gasteiger partial charge in [-0.15, -0.1) is 0 Å². The number of hydrogen-bond acceptors (Lipinski definition) is 2. The first-order valence-corrected chi connectivity index (χ1v) is 4.97. The molecule has 0 aromatic carbocycles. The van der Waals surface area contributed by atoms with Crippen molar-refractivity contribution in [1.82, 2.24) is 9.97 Å². The molecule has 4 nitrogen and oxygen atoms in total. The standard InChI is InChI=1S/C10H16N2O2/c1-3-5-7(4-2)9-11-6-8(12-9)10(13)14/h6-7H,3-5H2,1-2H3,(H,11,12)(H,13,14). The molecule has 78 valence electrons. The van der Waals surface area contributed by atoms with Gasteiger partial charge in [-0.1, -0.05) is 20.3 Å². The number of H-pyrrole nitrogens is 1. The molecule has 0 bridgehead atoms. The minimum Gasteiger partial charge on any atom is -0.477 e. The Balaban J connectivity index is 2.78. The molecular formula is C10H16N2O2. The zero-order chi connectivity index (χ0) is 10.6. The molecule has 0 saturated heterocycles. The monoisotopic (exact) mass is 196 g/mol. The number of hydrogen-bond donors (Lipinski definition) is 2. The molecule has 0 aliphatic rings. The van der Waals surface area contributed by atoms with E-state index in [1.54, 1.807) is 0 Å². The summed E-state index contributed by atoms with van der Waals surface area (Å²) in [5, 5.41) is 8.71. The number of aromatic amines is 1. The highest BCUT2D eigenvalue weighted by molar-refractivity contribution is 5.85. The molecule has 0 radical (unpaired) electrons. The molecule has 0 aliphatic carbocycles. The lowest BCUT2D eigenvalue weighted by Crippen LogP contribution is -2.01. The van der Waals surface area contributed by atoms with Gasteiger partial charge in [0.1, 0.15) is 11.5 Å². The topological polar surface area (TPSA) is 66.0 Å². The molecule has 1 unspecified atom stereocenters. The number of nitrogens with zero attached hydrogens (tertiary/aromatic N) is 1. The van der Waals surface area contributed by atoms with Crippen molar-refractivity contribution in [3.05, 3.63) is 17.7 Å². The third-order valence-corrected chi connectivity index (χ3v) is 2.34. The summed E-state index contributed by atoms with van der Waals surface area (Å²) in [4.78, 5) is 17.5. The van der Waals surface area contributed by atoms with Gasteiger partial charge in [0.25, 0.3) is 0 Å². The van der Waals surface area contributed by atoms with E-state index >= 15 is 0 Å². The van der Waals surface area contributed by atoms with Crippen LogP contribution < -0.4 is 0 Å². The number of rotatable bonds is 5. The average molecular weight is 196 g/mol. The molecule has 1 aromatic heterocycles. The predicted octanol–water partition coefficient (Wildman–Crippen LogP) is 2.40. The SMILES string of the molecule is CCCC(CC)c1ncc(C(=O)O)[nH]1. The van der Waals surface area contributed by atoms with E-state index in [9.17, 15) is 4.79 Å². The van der Waals surface area contributed by atoms with Crippen LogP contribution in [0.4, 0.5) is 0 Å². The highest BCUT2D eigenvalue weighted by atomic mass is 16.4. The maximum Gasteiger partial charge on any atom is 0.353 e. The molecule has 2 N–H and O–H groups in total. The van der Waals surface area contributed by atoms with Gasteiger partial charge in [-0.25, -0.2) is 9.78 Å². The van der Waals surface area contributed by atoms with E-state index in [2.05, 4.69) is 23.8 Å². The summed E-state index contributed by atoms with van der Waals surface area (Å²) in [6, 6.07) is 0. The second kappa shape index (κ2) is 4.79. The van der Waals surface area contributed by atoms with Crippen LogP contribution in [0.5, 0.6) is 0 Å². The Morgan fingerprint density at radius 2 is 2.36 bits per heavy atom. The molecule has 0 spiro atoms. The normalized spacial score (nSPS) is 12.7. The van der Waals surface area contributed by atoms with E-state index in [0.29, 0.717) is 5.92 Å². The number of carbonyl (C=O) groups is 1. The number of nitrogens with one attached hydrogen (secondary N) is 1. The van der Waals surface area contributed by atoms with Gasteiger partial charge in [0.05, 0.1) is 6.20 Å². The third kappa shape index (κ3) is 2.34. The van der Waals surface area contributed by atoms with Crippen LogP contribution in [-0.4, -0.2) is 21.0 Å². The number of imidazole rings is 1. The summed E-state index contributed by atoms with van der Waals surface area (Å²) >= 11 is 0. The molecule has 0 saturated carbocycles. The molecule has 1 atom stereocenters. The van der Waals surface area contributed by atoms with Crippen LogP contribution in [0.15, 0.2) is 6.20 Å². The van der Waals surface area contributed by atoms with Crippen LogP contribution in [0.25, 0.3) is 0 Å². The Kier molecular flexibility index (Phi) is 3.68. The molecule has 1 heterocycles. The molecule has 14 heavy (non-hydrogen) atoms. The zero-order valence-electron chi connectivity index (χ0n) is 8.58. The predicted molar refractivity (Wildman–Crippen MR) is 53.5 cm³/mol. The summed E-state index contributed by atoms with van der Waals surface area (Å²) in [5.41, 5.74) is 0.176. The minimum absolute atomic E-state index is 0.176. The fourth-order valence-electron chi connectivity index (χ4n) is 1.54. The highest BCUT2D eigenvalue weighted by Crippen LogP contribution is 2.21. The van der Waals surface area contributed by atoms with Crippen molar-refractivity contribution in [2.45, 2.75) is 39.0 Å². The van der Waals surface area contributed by atoms with Crippen molar-refractivity contribution in [3.8, 4) is 0 Å². The van der Waals surface area contributed by atoms with E-state index in [0.717, 1.165) is 25.1 Å². The molecule has 1 rings (SSSR count). The maximum atomic E-state index is 10.6. The van der Waals surface area contributed by atoms with Gasteiger partial charge in [0.2, 0.25) is 0 Å². The smallest absolute Gasteiger partial charge is 0.353 e. The van der Waals surface area contributed by atoms with E-state index in [4.69, 9.17) is 5.11 Å². The molecule has 0 aliphatic heterocycles. The average Bonchev–Trinajstić information content (AvgIpc) is 2.63. The fraction of sp³-hybridized carbons (Fsp3) is 0.600. The first-order chi connectivity index (χ1) is 6.69. The second-order valence-electron chi connectivity index (χ2n) is 3.38. The molecule has 4 heteroatoms. The summed E-state index contributed by atoms with van der Waals surface area (Å²) in [5.74, 6) is 0.204. The van der Waals surface area contributed by atoms with Crippen LogP contribution in [0.3, 0.4) is 0 Å². The van der Waals surface area contributed by atoms with Gasteiger partial charge in [-0.05, 0) is 12.8 Å². The van der Waals surface area contributed by atoms with Crippen LogP contribution in [-0.2, 0) is 0 Å². The first kappa shape index (κ1) is 10.8. The fourth-order valence-corrected chi connectivity index (χ4v) is 1.54. The third-order valence-electron chi connectivity index (χ3n) is 2.34. The largest absolute Gasteiger partial charge is 0.477 e. The summed E-state index contributed by atoms with van der Waals surface area (Å²) in [7, 11) is 0. The Morgan fingerprint density at radius 1 is 1.64 bits per heavy atom. The highest BCUT2D eigenvalue weighted by Gasteiger charge is 2.14. The van der Waals surface area contributed by atoms with E-state index in [-0.39, 0.29) is 5.69 Å². The van der Waals surface area contributed by atoms with Gasteiger partial charge in [-0.3, -0.25) is 0 Å². The summed E-state index contributed by atoms with van der Waals surface area (Å²) in [6.45, 7) is 4.20. The lowest BCUT2D eigenvalue weighted by molar-refractivity contribution is 0.0691. The van der Waals surface area contributed by atoms with Crippen molar-refractivity contribution < 1.29 is 9.90 Å². The van der Waals surface area contributed by atoms with Crippen LogP contribution in [0.2, 0.25) is 0 Å². The number of carboxylic acids is 1. The number of carboxylic acid groups (broad SMARTS) is 1. The Hall–Kier alpha value is -1.32. The van der Waals surface area contributed by atoms with Crippen LogP contribution in [0, 0.1) is 0 Å². The summed E-state index contributed by atoms with van der Waals surface area (Å²) < 4.78 is 0. The van der Waals surface area contributed by atoms with Gasteiger partial charge >= 0.3 is 5.97 Å². The Bertz CT molecular complexity index is 307. The van der Waals surface area contributed by atoms with Crippen LogP contribution in [0.1, 0.15) is 55.3 Å². The van der Waals surface area contributed by atoms with Gasteiger partial charge in [0.15, 0.2) is 0 Å². The van der Waals surface area contributed by atoms with Crippen molar-refractivity contribution >= 4 is 5.97 Å².